The summed E-state index contributed by atoms with van der Waals surface area (Å²) in [4.78, 5) is 0. The summed E-state index contributed by atoms with van der Waals surface area (Å²) in [6, 6.07) is 10.7. The van der Waals surface area contributed by atoms with Gasteiger partial charge in [0.15, 0.2) is 0 Å². The van der Waals surface area contributed by atoms with Crippen LogP contribution in [0.5, 0.6) is 0 Å². The van der Waals surface area contributed by atoms with E-state index in [1.165, 1.54) is 5.56 Å². The second kappa shape index (κ2) is 3.93. The number of nitrogens with one attached hydrogen (secondary N) is 1. The molecule has 1 aromatic rings. The molecular weight excluding hydrogens is 210 g/mol. The number of allylic oxidation sites excluding steroid dienone is 2. The molecule has 1 aliphatic carbocycles. The van der Waals surface area contributed by atoms with Crippen molar-refractivity contribution in [2.75, 3.05) is 0 Å². The number of hydrogen-bond acceptors (Lipinski definition) is 3. The molecular formula is C14H17N3. The predicted octanol–water partition coefficient (Wildman–Crippen LogP) is 1.85. The van der Waals surface area contributed by atoms with Crippen molar-refractivity contribution < 1.29 is 0 Å². The highest BCUT2D eigenvalue weighted by Crippen LogP contribution is 2.42. The van der Waals surface area contributed by atoms with Crippen LogP contribution < -0.4 is 11.2 Å². The fraction of sp³-hybridized carbons (Fsp3) is 0.286. The normalized spacial score (nSPS) is 30.9. The Bertz CT molecular complexity index is 452. The van der Waals surface area contributed by atoms with Gasteiger partial charge >= 0.3 is 0 Å². The van der Waals surface area contributed by atoms with Crippen LogP contribution in [0.2, 0.25) is 0 Å². The number of hydrazine groups is 1. The van der Waals surface area contributed by atoms with Gasteiger partial charge in [0.1, 0.15) is 0 Å². The van der Waals surface area contributed by atoms with E-state index in [1.54, 1.807) is 0 Å². The SMILES string of the molecule is NC1(c2ccccc2)CCC1N1C=CC=CN1. The molecule has 2 aliphatic rings. The molecule has 2 atom stereocenters. The first kappa shape index (κ1) is 10.4. The third-order valence-electron chi connectivity index (χ3n) is 3.75. The molecule has 1 heterocycles. The second-order valence-corrected chi connectivity index (χ2v) is 4.70. The Labute approximate surface area is 102 Å². The first-order valence-electron chi connectivity index (χ1n) is 6.03. The van der Waals surface area contributed by atoms with Gasteiger partial charge in [0.25, 0.3) is 0 Å². The maximum absolute atomic E-state index is 6.56. The number of hydrogen-bond donors (Lipinski definition) is 2. The lowest BCUT2D eigenvalue weighted by molar-refractivity contribution is 0.0457. The molecule has 1 saturated carbocycles. The first-order valence-corrected chi connectivity index (χ1v) is 6.03. The van der Waals surface area contributed by atoms with Crippen LogP contribution in [0, 0.1) is 0 Å². The van der Waals surface area contributed by atoms with Crippen molar-refractivity contribution in [1.82, 2.24) is 10.4 Å². The van der Waals surface area contributed by atoms with E-state index in [1.807, 2.05) is 30.6 Å². The lowest BCUT2D eigenvalue weighted by Gasteiger charge is -2.52. The van der Waals surface area contributed by atoms with Crippen LogP contribution in [-0.4, -0.2) is 11.1 Å². The van der Waals surface area contributed by atoms with Crippen LogP contribution in [0.4, 0.5) is 0 Å². The standard InChI is InChI=1S/C14H17N3/c15-14(12-6-2-1-3-7-12)9-8-13(14)17-11-5-4-10-16-17/h1-7,10-11,13,16H,8-9,15H2. The van der Waals surface area contributed by atoms with E-state index in [0.29, 0.717) is 6.04 Å². The molecule has 0 aromatic heterocycles. The summed E-state index contributed by atoms with van der Waals surface area (Å²) >= 11 is 0. The average Bonchev–Trinajstić information content (AvgIpc) is 2.39. The molecule has 17 heavy (non-hydrogen) atoms. The Kier molecular flexibility index (Phi) is 2.41. The van der Waals surface area contributed by atoms with Crippen LogP contribution >= 0.6 is 0 Å². The minimum Gasteiger partial charge on any atom is -0.320 e. The maximum atomic E-state index is 6.56. The van der Waals surface area contributed by atoms with E-state index < -0.39 is 0 Å². The van der Waals surface area contributed by atoms with Gasteiger partial charge in [-0.2, -0.15) is 0 Å². The largest absolute Gasteiger partial charge is 0.320 e. The number of rotatable bonds is 2. The van der Waals surface area contributed by atoms with Crippen LogP contribution in [0.1, 0.15) is 18.4 Å². The van der Waals surface area contributed by atoms with E-state index in [4.69, 9.17) is 5.73 Å². The smallest absolute Gasteiger partial charge is 0.0719 e. The summed E-state index contributed by atoms with van der Waals surface area (Å²) < 4.78 is 0. The van der Waals surface area contributed by atoms with Gasteiger partial charge in [0.2, 0.25) is 0 Å². The summed E-state index contributed by atoms with van der Waals surface area (Å²) in [5, 5.41) is 2.11. The molecule has 0 amide bonds. The van der Waals surface area contributed by atoms with Gasteiger partial charge < -0.3 is 11.2 Å². The molecule has 1 aliphatic heterocycles. The quantitative estimate of drug-likeness (QED) is 0.810. The summed E-state index contributed by atoms with van der Waals surface area (Å²) in [5.41, 5.74) is 10.8. The van der Waals surface area contributed by atoms with E-state index in [9.17, 15) is 0 Å². The first-order chi connectivity index (χ1) is 8.31. The maximum Gasteiger partial charge on any atom is 0.0719 e. The van der Waals surface area contributed by atoms with Crippen molar-refractivity contribution in [3.63, 3.8) is 0 Å². The van der Waals surface area contributed by atoms with Gasteiger partial charge in [0.05, 0.1) is 11.6 Å². The molecule has 3 rings (SSSR count). The van der Waals surface area contributed by atoms with E-state index in [0.717, 1.165) is 12.8 Å². The van der Waals surface area contributed by atoms with E-state index >= 15 is 0 Å². The van der Waals surface area contributed by atoms with Crippen LogP contribution in [-0.2, 0) is 5.54 Å². The van der Waals surface area contributed by atoms with Crippen molar-refractivity contribution in [2.24, 2.45) is 5.73 Å². The highest BCUT2D eigenvalue weighted by Gasteiger charge is 2.47. The Balaban J connectivity index is 1.84. The highest BCUT2D eigenvalue weighted by atomic mass is 15.5. The minimum absolute atomic E-state index is 0.232. The van der Waals surface area contributed by atoms with E-state index in [-0.39, 0.29) is 5.54 Å². The lowest BCUT2D eigenvalue weighted by Crippen LogP contribution is -2.64. The monoisotopic (exact) mass is 227 g/mol. The molecule has 3 heteroatoms. The molecule has 3 nitrogen and oxygen atoms in total. The molecule has 3 N–H and O–H groups in total. The Morgan fingerprint density at radius 1 is 1.24 bits per heavy atom. The van der Waals surface area contributed by atoms with Crippen molar-refractivity contribution in [3.05, 3.63) is 60.4 Å². The molecule has 88 valence electrons. The fourth-order valence-electron chi connectivity index (χ4n) is 2.62. The molecule has 0 radical (unpaired) electrons. The molecule has 1 fully saturated rings. The van der Waals surface area contributed by atoms with Gasteiger partial charge in [-0.15, -0.1) is 0 Å². The Morgan fingerprint density at radius 3 is 2.65 bits per heavy atom. The third kappa shape index (κ3) is 1.63. The van der Waals surface area contributed by atoms with Gasteiger partial charge in [-0.05, 0) is 30.6 Å². The number of benzene rings is 1. The molecule has 0 spiro atoms. The molecule has 1 aromatic carbocycles. The van der Waals surface area contributed by atoms with Gasteiger partial charge in [-0.25, -0.2) is 0 Å². The summed E-state index contributed by atoms with van der Waals surface area (Å²) in [6.45, 7) is 0. The van der Waals surface area contributed by atoms with E-state index in [2.05, 4.69) is 34.7 Å². The minimum atomic E-state index is -0.232. The highest BCUT2D eigenvalue weighted by molar-refractivity contribution is 5.30. The topological polar surface area (TPSA) is 41.3 Å². The lowest BCUT2D eigenvalue weighted by atomic mass is 9.68. The summed E-state index contributed by atoms with van der Waals surface area (Å²) in [7, 11) is 0. The second-order valence-electron chi connectivity index (χ2n) is 4.70. The Morgan fingerprint density at radius 2 is 2.06 bits per heavy atom. The van der Waals surface area contributed by atoms with Crippen molar-refractivity contribution >= 4 is 0 Å². The number of nitrogens with two attached hydrogens (primary N) is 1. The zero-order chi connectivity index (χ0) is 11.7. The van der Waals surface area contributed by atoms with Crippen LogP contribution in [0.3, 0.4) is 0 Å². The van der Waals surface area contributed by atoms with Gasteiger partial charge in [-0.3, -0.25) is 5.01 Å². The average molecular weight is 227 g/mol. The zero-order valence-electron chi connectivity index (χ0n) is 9.71. The van der Waals surface area contributed by atoms with Crippen LogP contribution in [0.15, 0.2) is 54.9 Å². The number of nitrogens with zero attached hydrogens (tertiary/aromatic N) is 1. The molecule has 0 saturated heterocycles. The van der Waals surface area contributed by atoms with Crippen LogP contribution in [0.25, 0.3) is 0 Å². The molecule has 0 bridgehead atoms. The molecule has 2 unspecified atom stereocenters. The van der Waals surface area contributed by atoms with Gasteiger partial charge in [-0.1, -0.05) is 30.3 Å². The Hall–Kier alpha value is -1.74. The predicted molar refractivity (Wildman–Crippen MR) is 68.6 cm³/mol. The zero-order valence-corrected chi connectivity index (χ0v) is 9.71. The van der Waals surface area contributed by atoms with Crippen molar-refractivity contribution in [3.8, 4) is 0 Å². The summed E-state index contributed by atoms with van der Waals surface area (Å²) in [6.07, 6.45) is 10.2. The van der Waals surface area contributed by atoms with Gasteiger partial charge in [0, 0.05) is 12.4 Å². The third-order valence-corrected chi connectivity index (χ3v) is 3.75. The summed E-state index contributed by atoms with van der Waals surface area (Å²) in [5.74, 6) is 0. The van der Waals surface area contributed by atoms with Crippen molar-refractivity contribution in [1.29, 1.82) is 0 Å². The fourth-order valence-corrected chi connectivity index (χ4v) is 2.62. The van der Waals surface area contributed by atoms with Crippen molar-refractivity contribution in [2.45, 2.75) is 24.4 Å².